The Hall–Kier alpha value is -1.78. The van der Waals surface area contributed by atoms with Gasteiger partial charge in [-0.1, -0.05) is 42.6 Å². The Kier molecular flexibility index (Phi) is 6.04. The topological polar surface area (TPSA) is 54.0 Å². The summed E-state index contributed by atoms with van der Waals surface area (Å²) in [6.45, 7) is 2.98. The molecule has 2 rings (SSSR count). The molecule has 0 bridgehead atoms. The maximum absolute atomic E-state index is 12.3. The van der Waals surface area contributed by atoms with Crippen molar-refractivity contribution in [3.05, 3.63) is 52.3 Å². The maximum atomic E-state index is 12.3. The quantitative estimate of drug-likeness (QED) is 0.740. The minimum atomic E-state index is -0.353. The van der Waals surface area contributed by atoms with Crippen molar-refractivity contribution in [1.29, 1.82) is 0 Å². The molecule has 0 aliphatic rings. The lowest BCUT2D eigenvalue weighted by Gasteiger charge is -2.10. The molecule has 1 heterocycles. The number of benzene rings is 1. The molecule has 0 atom stereocenters. The third kappa shape index (κ3) is 4.36. The number of carbonyl (C=O) groups excluding carboxylic acids is 1. The van der Waals surface area contributed by atoms with E-state index in [0.29, 0.717) is 21.4 Å². The third-order valence-electron chi connectivity index (χ3n) is 3.05. The molecular formula is C16H17Cl2N3O. The van der Waals surface area contributed by atoms with E-state index in [1.165, 1.54) is 0 Å². The van der Waals surface area contributed by atoms with Crippen molar-refractivity contribution >= 4 is 40.5 Å². The van der Waals surface area contributed by atoms with Crippen molar-refractivity contribution in [1.82, 2.24) is 4.98 Å². The van der Waals surface area contributed by atoms with Crippen LogP contribution in [-0.2, 0) is 0 Å². The van der Waals surface area contributed by atoms with Gasteiger partial charge in [0.15, 0.2) is 0 Å². The Bertz CT molecular complexity index is 641. The molecule has 1 aromatic heterocycles. The predicted molar refractivity (Wildman–Crippen MR) is 92.0 cm³/mol. The van der Waals surface area contributed by atoms with Crippen LogP contribution in [0.15, 0.2) is 36.5 Å². The number of nitrogens with zero attached hydrogens (tertiary/aromatic N) is 1. The smallest absolute Gasteiger partial charge is 0.274 e. The molecule has 0 saturated heterocycles. The summed E-state index contributed by atoms with van der Waals surface area (Å²) in [5.74, 6) is -0.353. The van der Waals surface area contributed by atoms with Crippen LogP contribution in [0.25, 0.3) is 0 Å². The van der Waals surface area contributed by atoms with Crippen LogP contribution in [0.1, 0.15) is 30.3 Å². The Morgan fingerprint density at radius 3 is 2.64 bits per heavy atom. The molecule has 0 aliphatic carbocycles. The van der Waals surface area contributed by atoms with Crippen LogP contribution in [0.4, 0.5) is 11.4 Å². The predicted octanol–water partition coefficient (Wildman–Crippen LogP) is 4.85. The summed E-state index contributed by atoms with van der Waals surface area (Å²) in [6, 6.07) is 8.58. The molecule has 0 unspecified atom stereocenters. The van der Waals surface area contributed by atoms with E-state index in [1.807, 2.05) is 6.07 Å². The van der Waals surface area contributed by atoms with Crippen molar-refractivity contribution in [3.63, 3.8) is 0 Å². The van der Waals surface area contributed by atoms with Crippen molar-refractivity contribution in [3.8, 4) is 0 Å². The van der Waals surface area contributed by atoms with Crippen LogP contribution in [0.2, 0.25) is 10.0 Å². The fourth-order valence-electron chi connectivity index (χ4n) is 1.87. The maximum Gasteiger partial charge on any atom is 0.274 e. The number of nitrogens with one attached hydrogen (secondary N) is 2. The van der Waals surface area contributed by atoms with Crippen molar-refractivity contribution in [2.24, 2.45) is 0 Å². The number of amides is 1. The summed E-state index contributed by atoms with van der Waals surface area (Å²) in [7, 11) is 0. The first-order valence-electron chi connectivity index (χ1n) is 7.07. The van der Waals surface area contributed by atoms with Gasteiger partial charge in [0.1, 0.15) is 5.69 Å². The fraction of sp³-hybridized carbons (Fsp3) is 0.250. The Labute approximate surface area is 139 Å². The number of unbranched alkanes of at least 4 members (excludes halogenated alkanes) is 1. The molecule has 1 aromatic carbocycles. The normalized spacial score (nSPS) is 10.3. The number of anilines is 2. The van der Waals surface area contributed by atoms with Gasteiger partial charge in [0.2, 0.25) is 0 Å². The fourth-order valence-corrected chi connectivity index (χ4v) is 2.36. The van der Waals surface area contributed by atoms with Crippen LogP contribution in [0, 0.1) is 0 Å². The Balaban J connectivity index is 2.11. The summed E-state index contributed by atoms with van der Waals surface area (Å²) in [6.07, 6.45) is 3.77. The van der Waals surface area contributed by atoms with Crippen molar-refractivity contribution in [2.75, 3.05) is 17.2 Å². The third-order valence-corrected chi connectivity index (χ3v) is 3.68. The second-order valence-corrected chi connectivity index (χ2v) is 5.58. The van der Waals surface area contributed by atoms with Gasteiger partial charge >= 0.3 is 0 Å². The van der Waals surface area contributed by atoms with E-state index < -0.39 is 0 Å². The standard InChI is InChI=1S/C16H17Cl2N3O/c1-2-3-8-19-11-7-9-20-14(10-11)16(22)21-15-12(17)5-4-6-13(15)18/h4-7,9-10H,2-3,8H2,1H3,(H,19,20)(H,21,22). The molecule has 0 radical (unpaired) electrons. The van der Waals surface area contributed by atoms with E-state index in [-0.39, 0.29) is 5.91 Å². The Morgan fingerprint density at radius 2 is 1.95 bits per heavy atom. The van der Waals surface area contributed by atoms with Crippen LogP contribution in [-0.4, -0.2) is 17.4 Å². The lowest BCUT2D eigenvalue weighted by molar-refractivity contribution is 0.102. The average molecular weight is 338 g/mol. The van der Waals surface area contributed by atoms with Gasteiger partial charge in [0.05, 0.1) is 15.7 Å². The zero-order valence-corrected chi connectivity index (χ0v) is 13.7. The number of hydrogen-bond acceptors (Lipinski definition) is 3. The van der Waals surface area contributed by atoms with Gasteiger partial charge in [-0.3, -0.25) is 9.78 Å². The summed E-state index contributed by atoms with van der Waals surface area (Å²) in [5.41, 5.74) is 1.55. The van der Waals surface area contributed by atoms with Crippen LogP contribution >= 0.6 is 23.2 Å². The first kappa shape index (κ1) is 16.6. The summed E-state index contributed by atoms with van der Waals surface area (Å²) >= 11 is 12.1. The molecule has 0 aliphatic heterocycles. The number of para-hydroxylation sites is 1. The van der Waals surface area contributed by atoms with Crippen LogP contribution in [0.3, 0.4) is 0 Å². The molecule has 1 amide bonds. The largest absolute Gasteiger partial charge is 0.385 e. The number of aromatic nitrogens is 1. The summed E-state index contributed by atoms with van der Waals surface area (Å²) in [4.78, 5) is 16.4. The first-order valence-corrected chi connectivity index (χ1v) is 7.82. The van der Waals surface area contributed by atoms with Gasteiger partial charge < -0.3 is 10.6 Å². The van der Waals surface area contributed by atoms with Gasteiger partial charge in [-0.15, -0.1) is 0 Å². The van der Waals surface area contributed by atoms with Gasteiger partial charge in [0, 0.05) is 18.4 Å². The van der Waals surface area contributed by atoms with Gasteiger partial charge in [-0.2, -0.15) is 0 Å². The SMILES string of the molecule is CCCCNc1ccnc(C(=O)Nc2c(Cl)cccc2Cl)c1. The summed E-state index contributed by atoms with van der Waals surface area (Å²) < 4.78 is 0. The van der Waals surface area contributed by atoms with E-state index in [9.17, 15) is 4.79 Å². The van der Waals surface area contributed by atoms with Gasteiger partial charge in [-0.25, -0.2) is 0 Å². The molecule has 22 heavy (non-hydrogen) atoms. The number of halogens is 2. The van der Waals surface area contributed by atoms with Gasteiger partial charge in [-0.05, 0) is 30.7 Å². The zero-order valence-electron chi connectivity index (χ0n) is 12.2. The van der Waals surface area contributed by atoms with E-state index >= 15 is 0 Å². The van der Waals surface area contributed by atoms with Crippen LogP contribution in [0.5, 0.6) is 0 Å². The molecule has 0 spiro atoms. The molecule has 0 saturated carbocycles. The second kappa shape index (κ2) is 8.01. The van der Waals surface area contributed by atoms with E-state index in [2.05, 4.69) is 22.5 Å². The number of rotatable bonds is 6. The number of pyridine rings is 1. The molecule has 2 aromatic rings. The van der Waals surface area contributed by atoms with Crippen molar-refractivity contribution < 1.29 is 4.79 Å². The monoisotopic (exact) mass is 337 g/mol. The lowest BCUT2D eigenvalue weighted by atomic mass is 10.2. The molecule has 6 heteroatoms. The molecule has 4 nitrogen and oxygen atoms in total. The lowest BCUT2D eigenvalue weighted by Crippen LogP contribution is -2.14. The zero-order chi connectivity index (χ0) is 15.9. The second-order valence-electron chi connectivity index (χ2n) is 4.76. The minimum absolute atomic E-state index is 0.303. The van der Waals surface area contributed by atoms with Gasteiger partial charge in [0.25, 0.3) is 5.91 Å². The highest BCUT2D eigenvalue weighted by Crippen LogP contribution is 2.30. The van der Waals surface area contributed by atoms with E-state index in [4.69, 9.17) is 23.2 Å². The van der Waals surface area contributed by atoms with Crippen LogP contribution < -0.4 is 10.6 Å². The number of hydrogen-bond donors (Lipinski definition) is 2. The highest BCUT2D eigenvalue weighted by Gasteiger charge is 2.12. The van der Waals surface area contributed by atoms with E-state index in [0.717, 1.165) is 25.1 Å². The molecule has 0 fully saturated rings. The molecule has 116 valence electrons. The van der Waals surface area contributed by atoms with E-state index in [1.54, 1.807) is 30.5 Å². The molecular weight excluding hydrogens is 321 g/mol. The molecule has 2 N–H and O–H groups in total. The number of carbonyl (C=O) groups is 1. The first-order chi connectivity index (χ1) is 10.6. The highest BCUT2D eigenvalue weighted by atomic mass is 35.5. The Morgan fingerprint density at radius 1 is 1.23 bits per heavy atom. The average Bonchev–Trinajstić information content (AvgIpc) is 2.51. The highest BCUT2D eigenvalue weighted by molar-refractivity contribution is 6.40. The minimum Gasteiger partial charge on any atom is -0.385 e. The van der Waals surface area contributed by atoms with Crippen molar-refractivity contribution in [2.45, 2.75) is 19.8 Å². The summed E-state index contributed by atoms with van der Waals surface area (Å²) in [5, 5.41) is 6.73.